The Labute approximate surface area is 167 Å². The molecule has 3 N–H and O–H groups in total. The van der Waals surface area contributed by atoms with Crippen molar-refractivity contribution < 1.29 is 9.32 Å². The van der Waals surface area contributed by atoms with Gasteiger partial charge in [-0.3, -0.25) is 4.79 Å². The third-order valence-corrected chi connectivity index (χ3v) is 5.21. The van der Waals surface area contributed by atoms with Gasteiger partial charge in [0.25, 0.3) is 5.91 Å². The van der Waals surface area contributed by atoms with Gasteiger partial charge in [0.15, 0.2) is 17.1 Å². The lowest BCUT2D eigenvalue weighted by Crippen LogP contribution is -2.10. The average molecular weight is 385 g/mol. The van der Waals surface area contributed by atoms with Gasteiger partial charge >= 0.3 is 0 Å². The number of rotatable bonds is 5. The zero-order valence-electron chi connectivity index (χ0n) is 15.7. The first kappa shape index (κ1) is 17.4. The Morgan fingerprint density at radius 2 is 1.93 bits per heavy atom. The van der Waals surface area contributed by atoms with Gasteiger partial charge < -0.3 is 15.6 Å². The van der Waals surface area contributed by atoms with Gasteiger partial charge in [-0.25, -0.2) is 9.97 Å². The van der Waals surface area contributed by atoms with E-state index in [0.717, 1.165) is 36.3 Å². The standard InChI is InChI=1S/C22H19N5O2/c23-20(28)16-10-4-9-15-18(27-29-19(15)16)22-25-17-11-5-8-14(17)21(26-22)24-12-13-6-2-1-3-7-13/h1-4,6-7,9-10H,5,8,11-12H2,(H2,23,28)(H,24,25,26). The van der Waals surface area contributed by atoms with E-state index in [1.54, 1.807) is 12.1 Å². The van der Waals surface area contributed by atoms with E-state index >= 15 is 0 Å². The molecule has 0 saturated carbocycles. The summed E-state index contributed by atoms with van der Waals surface area (Å²) in [5, 5.41) is 8.29. The zero-order chi connectivity index (χ0) is 19.8. The van der Waals surface area contributed by atoms with Crippen molar-refractivity contribution in [3.05, 3.63) is 70.9 Å². The lowest BCUT2D eigenvalue weighted by Gasteiger charge is -2.11. The number of hydrogen-bond donors (Lipinski definition) is 2. The van der Waals surface area contributed by atoms with E-state index < -0.39 is 5.91 Å². The molecule has 1 aliphatic rings. The number of aromatic nitrogens is 3. The molecule has 4 aromatic rings. The van der Waals surface area contributed by atoms with Crippen LogP contribution in [0.2, 0.25) is 0 Å². The van der Waals surface area contributed by atoms with Crippen molar-refractivity contribution in [1.29, 1.82) is 0 Å². The molecule has 7 nitrogen and oxygen atoms in total. The number of anilines is 1. The van der Waals surface area contributed by atoms with Crippen LogP contribution in [0.1, 0.15) is 33.6 Å². The summed E-state index contributed by atoms with van der Waals surface area (Å²) in [5.41, 5.74) is 10.00. The van der Waals surface area contributed by atoms with Crippen LogP contribution in [0, 0.1) is 0 Å². The van der Waals surface area contributed by atoms with Gasteiger partial charge in [-0.1, -0.05) is 41.6 Å². The lowest BCUT2D eigenvalue weighted by molar-refractivity contribution is 0.100. The second kappa shape index (κ2) is 7.01. The highest BCUT2D eigenvalue weighted by molar-refractivity contribution is 6.06. The molecule has 1 amide bonds. The number of fused-ring (bicyclic) bond motifs is 2. The summed E-state index contributed by atoms with van der Waals surface area (Å²) < 4.78 is 5.43. The fourth-order valence-corrected chi connectivity index (χ4v) is 3.78. The minimum Gasteiger partial charge on any atom is -0.366 e. The number of amides is 1. The average Bonchev–Trinajstić information content (AvgIpc) is 3.39. The Kier molecular flexibility index (Phi) is 4.20. The quantitative estimate of drug-likeness (QED) is 0.545. The van der Waals surface area contributed by atoms with Crippen molar-refractivity contribution in [1.82, 2.24) is 15.1 Å². The first-order chi connectivity index (χ1) is 14.2. The van der Waals surface area contributed by atoms with E-state index in [4.69, 9.17) is 20.2 Å². The van der Waals surface area contributed by atoms with Gasteiger partial charge in [0.1, 0.15) is 5.82 Å². The Bertz CT molecular complexity index is 1220. The van der Waals surface area contributed by atoms with Gasteiger partial charge in [-0.15, -0.1) is 0 Å². The summed E-state index contributed by atoms with van der Waals surface area (Å²) in [6, 6.07) is 15.4. The molecular weight excluding hydrogens is 366 g/mol. The van der Waals surface area contributed by atoms with Crippen molar-refractivity contribution in [2.75, 3.05) is 5.32 Å². The summed E-state index contributed by atoms with van der Waals surface area (Å²) in [5.74, 6) is 0.758. The van der Waals surface area contributed by atoms with Gasteiger partial charge in [-0.05, 0) is 37.0 Å². The van der Waals surface area contributed by atoms with E-state index in [1.165, 1.54) is 5.56 Å². The van der Waals surface area contributed by atoms with E-state index in [0.29, 0.717) is 34.6 Å². The molecule has 0 bridgehead atoms. The molecule has 2 aromatic carbocycles. The summed E-state index contributed by atoms with van der Waals surface area (Å²) in [6.07, 6.45) is 2.92. The molecule has 29 heavy (non-hydrogen) atoms. The number of nitrogens with zero attached hydrogens (tertiary/aromatic N) is 3. The van der Waals surface area contributed by atoms with Crippen LogP contribution < -0.4 is 11.1 Å². The molecule has 7 heteroatoms. The Morgan fingerprint density at radius 3 is 2.76 bits per heavy atom. The van der Waals surface area contributed by atoms with Crippen LogP contribution in [0.5, 0.6) is 0 Å². The Hall–Kier alpha value is -3.74. The van der Waals surface area contributed by atoms with Crippen LogP contribution in [-0.2, 0) is 19.4 Å². The maximum Gasteiger partial charge on any atom is 0.252 e. The van der Waals surface area contributed by atoms with Gasteiger partial charge in [0, 0.05) is 17.8 Å². The molecule has 144 valence electrons. The normalized spacial score (nSPS) is 12.8. The highest BCUT2D eigenvalue weighted by atomic mass is 16.5. The predicted octanol–water partition coefficient (Wildman–Crippen LogP) is 3.48. The van der Waals surface area contributed by atoms with Gasteiger partial charge in [0.2, 0.25) is 0 Å². The molecule has 0 spiro atoms. The van der Waals surface area contributed by atoms with Crippen LogP contribution in [0.25, 0.3) is 22.5 Å². The second-order valence-corrected chi connectivity index (χ2v) is 7.09. The monoisotopic (exact) mass is 385 g/mol. The molecule has 2 heterocycles. The van der Waals surface area contributed by atoms with Gasteiger partial charge in [0.05, 0.1) is 10.9 Å². The van der Waals surface area contributed by atoms with Crippen molar-refractivity contribution >= 4 is 22.7 Å². The van der Waals surface area contributed by atoms with E-state index in [9.17, 15) is 4.79 Å². The van der Waals surface area contributed by atoms with Crippen LogP contribution >= 0.6 is 0 Å². The molecule has 0 saturated heterocycles. The minimum absolute atomic E-state index is 0.296. The smallest absolute Gasteiger partial charge is 0.252 e. The molecular formula is C22H19N5O2. The number of aryl methyl sites for hydroxylation is 1. The number of nitrogens with two attached hydrogens (primary N) is 1. The highest BCUT2D eigenvalue weighted by Gasteiger charge is 2.23. The maximum absolute atomic E-state index is 11.7. The van der Waals surface area contributed by atoms with Crippen molar-refractivity contribution in [3.8, 4) is 11.5 Å². The first-order valence-corrected chi connectivity index (χ1v) is 9.57. The third-order valence-electron chi connectivity index (χ3n) is 5.21. The lowest BCUT2D eigenvalue weighted by atomic mass is 10.1. The second-order valence-electron chi connectivity index (χ2n) is 7.09. The topological polar surface area (TPSA) is 107 Å². The molecule has 1 aliphatic carbocycles. The van der Waals surface area contributed by atoms with E-state index in [-0.39, 0.29) is 0 Å². The molecule has 0 atom stereocenters. The van der Waals surface area contributed by atoms with Crippen molar-refractivity contribution in [2.24, 2.45) is 5.73 Å². The molecule has 5 rings (SSSR count). The third kappa shape index (κ3) is 3.10. The molecule has 0 radical (unpaired) electrons. The van der Waals surface area contributed by atoms with Crippen molar-refractivity contribution in [3.63, 3.8) is 0 Å². The van der Waals surface area contributed by atoms with Crippen LogP contribution in [0.3, 0.4) is 0 Å². The number of carbonyl (C=O) groups is 1. The predicted molar refractivity (Wildman–Crippen MR) is 109 cm³/mol. The first-order valence-electron chi connectivity index (χ1n) is 9.57. The molecule has 0 fully saturated rings. The van der Waals surface area contributed by atoms with Crippen molar-refractivity contribution in [2.45, 2.75) is 25.8 Å². The van der Waals surface area contributed by atoms with Crippen LogP contribution in [0.4, 0.5) is 5.82 Å². The summed E-state index contributed by atoms with van der Waals surface area (Å²) >= 11 is 0. The minimum atomic E-state index is -0.557. The number of nitrogens with one attached hydrogen (secondary N) is 1. The fraction of sp³-hybridized carbons (Fsp3) is 0.182. The molecule has 0 unspecified atom stereocenters. The van der Waals surface area contributed by atoms with Crippen LogP contribution in [-0.4, -0.2) is 21.0 Å². The maximum atomic E-state index is 11.7. The Morgan fingerprint density at radius 1 is 1.07 bits per heavy atom. The largest absolute Gasteiger partial charge is 0.366 e. The summed E-state index contributed by atoms with van der Waals surface area (Å²) in [6.45, 7) is 0.676. The Balaban J connectivity index is 1.57. The van der Waals surface area contributed by atoms with E-state index in [1.807, 2.05) is 24.3 Å². The summed E-state index contributed by atoms with van der Waals surface area (Å²) in [4.78, 5) is 21.2. The number of primary amides is 1. The molecule has 0 aliphatic heterocycles. The molecule has 2 aromatic heterocycles. The number of hydrogen-bond acceptors (Lipinski definition) is 6. The SMILES string of the molecule is NC(=O)c1cccc2c(-c3nc4c(c(NCc5ccccc5)n3)CCC4)noc12. The van der Waals surface area contributed by atoms with Crippen LogP contribution in [0.15, 0.2) is 53.1 Å². The van der Waals surface area contributed by atoms with E-state index in [2.05, 4.69) is 22.6 Å². The van der Waals surface area contributed by atoms with Gasteiger partial charge in [-0.2, -0.15) is 0 Å². The number of carbonyl (C=O) groups excluding carboxylic acids is 1. The summed E-state index contributed by atoms with van der Waals surface area (Å²) in [7, 11) is 0. The number of benzene rings is 2. The fourth-order valence-electron chi connectivity index (χ4n) is 3.78. The number of para-hydroxylation sites is 1. The highest BCUT2D eigenvalue weighted by Crippen LogP contribution is 2.32. The zero-order valence-corrected chi connectivity index (χ0v) is 15.7.